The van der Waals surface area contributed by atoms with Gasteiger partial charge in [0.25, 0.3) is 0 Å². The van der Waals surface area contributed by atoms with Gasteiger partial charge in [0, 0.05) is 9.79 Å². The van der Waals surface area contributed by atoms with Crippen molar-refractivity contribution in [1.82, 2.24) is 0 Å². The Hall–Kier alpha value is -1.63. The number of thiol groups is 2. The summed E-state index contributed by atoms with van der Waals surface area (Å²) in [5.74, 6) is 0. The standard InChI is InChI=1S/C15H11NS2/c16-10-13(12-3-7-15(18)8-4-12)9-11-1-5-14(17)6-2-11/h1-9,17-18H/b13-9+. The molecule has 0 aliphatic rings. The molecule has 0 aromatic heterocycles. The molecule has 0 fully saturated rings. The molecule has 0 aliphatic heterocycles. The molecule has 0 aliphatic carbocycles. The van der Waals surface area contributed by atoms with Crippen LogP contribution in [0.1, 0.15) is 11.1 Å². The quantitative estimate of drug-likeness (QED) is 0.473. The van der Waals surface area contributed by atoms with Crippen LogP contribution < -0.4 is 0 Å². The number of hydrogen-bond acceptors (Lipinski definition) is 3. The molecule has 1 nitrogen and oxygen atoms in total. The van der Waals surface area contributed by atoms with E-state index in [2.05, 4.69) is 31.3 Å². The second-order valence-corrected chi connectivity index (χ2v) is 4.84. The minimum atomic E-state index is 0.634. The summed E-state index contributed by atoms with van der Waals surface area (Å²) in [5, 5.41) is 9.21. The lowest BCUT2D eigenvalue weighted by Crippen LogP contribution is -1.82. The summed E-state index contributed by atoms with van der Waals surface area (Å²) in [6, 6.07) is 17.4. The number of hydrogen-bond donors (Lipinski definition) is 2. The summed E-state index contributed by atoms with van der Waals surface area (Å²) in [6.45, 7) is 0. The molecule has 0 atom stereocenters. The maximum atomic E-state index is 9.21. The molecule has 0 amide bonds. The predicted molar refractivity (Wildman–Crippen MR) is 80.9 cm³/mol. The predicted octanol–water partition coefficient (Wildman–Crippen LogP) is 4.33. The van der Waals surface area contributed by atoms with Crippen molar-refractivity contribution >= 4 is 36.9 Å². The highest BCUT2D eigenvalue weighted by molar-refractivity contribution is 7.80. The van der Waals surface area contributed by atoms with Gasteiger partial charge in [-0.1, -0.05) is 24.3 Å². The van der Waals surface area contributed by atoms with Crippen LogP contribution in [0, 0.1) is 11.3 Å². The molecule has 2 rings (SSSR count). The van der Waals surface area contributed by atoms with Crippen molar-refractivity contribution in [3.63, 3.8) is 0 Å². The van der Waals surface area contributed by atoms with Crippen molar-refractivity contribution in [2.75, 3.05) is 0 Å². The average Bonchev–Trinajstić information content (AvgIpc) is 2.39. The van der Waals surface area contributed by atoms with Crippen LogP contribution in [0.3, 0.4) is 0 Å². The summed E-state index contributed by atoms with van der Waals surface area (Å²) >= 11 is 8.46. The summed E-state index contributed by atoms with van der Waals surface area (Å²) in [4.78, 5) is 1.79. The lowest BCUT2D eigenvalue weighted by Gasteiger charge is -2.00. The van der Waals surface area contributed by atoms with Crippen molar-refractivity contribution in [3.05, 3.63) is 59.7 Å². The SMILES string of the molecule is N#C/C(=C\c1ccc(S)cc1)c1ccc(S)cc1. The lowest BCUT2D eigenvalue weighted by molar-refractivity contribution is 1.44. The Morgan fingerprint density at radius 2 is 1.39 bits per heavy atom. The minimum Gasteiger partial charge on any atom is -0.192 e. The second-order valence-electron chi connectivity index (χ2n) is 3.81. The van der Waals surface area contributed by atoms with Crippen LogP contribution in [-0.2, 0) is 0 Å². The second kappa shape index (κ2) is 5.81. The molecule has 2 aromatic carbocycles. The molecule has 0 radical (unpaired) electrons. The summed E-state index contributed by atoms with van der Waals surface area (Å²) in [5.41, 5.74) is 2.51. The smallest absolute Gasteiger partial charge is 0.0998 e. The molecular formula is C15H11NS2. The molecule has 88 valence electrons. The Kier molecular flexibility index (Phi) is 4.14. The zero-order valence-electron chi connectivity index (χ0n) is 9.54. The molecule has 0 saturated carbocycles. The number of rotatable bonds is 2. The first kappa shape index (κ1) is 12.8. The highest BCUT2D eigenvalue weighted by Gasteiger charge is 2.00. The Labute approximate surface area is 118 Å². The molecule has 0 unspecified atom stereocenters. The van der Waals surface area contributed by atoms with Gasteiger partial charge in [0.1, 0.15) is 0 Å². The average molecular weight is 269 g/mol. The fourth-order valence-electron chi connectivity index (χ4n) is 1.56. The fraction of sp³-hybridized carbons (Fsp3) is 0. The number of nitrogens with zero attached hydrogens (tertiary/aromatic N) is 1. The number of allylic oxidation sites excluding steroid dienone is 1. The summed E-state index contributed by atoms with van der Waals surface area (Å²) in [7, 11) is 0. The first-order valence-corrected chi connectivity index (χ1v) is 6.29. The highest BCUT2D eigenvalue weighted by atomic mass is 32.1. The minimum absolute atomic E-state index is 0.634. The summed E-state index contributed by atoms with van der Waals surface area (Å²) in [6.07, 6.45) is 1.86. The van der Waals surface area contributed by atoms with E-state index in [1.807, 2.05) is 54.6 Å². The topological polar surface area (TPSA) is 23.8 Å². The molecule has 18 heavy (non-hydrogen) atoms. The normalized spacial score (nSPS) is 11.1. The van der Waals surface area contributed by atoms with Gasteiger partial charge in [-0.15, -0.1) is 25.3 Å². The monoisotopic (exact) mass is 269 g/mol. The molecular weight excluding hydrogens is 258 g/mol. The van der Waals surface area contributed by atoms with E-state index >= 15 is 0 Å². The molecule has 2 aromatic rings. The fourth-order valence-corrected chi connectivity index (χ4v) is 1.86. The van der Waals surface area contributed by atoms with Gasteiger partial charge in [0.05, 0.1) is 11.6 Å². The van der Waals surface area contributed by atoms with Gasteiger partial charge in [-0.25, -0.2) is 0 Å². The first-order valence-electron chi connectivity index (χ1n) is 5.39. The van der Waals surface area contributed by atoms with Crippen LogP contribution in [0.4, 0.5) is 0 Å². The maximum Gasteiger partial charge on any atom is 0.0998 e. The summed E-state index contributed by atoms with van der Waals surface area (Å²) < 4.78 is 0. The molecule has 0 saturated heterocycles. The van der Waals surface area contributed by atoms with Crippen molar-refractivity contribution < 1.29 is 0 Å². The van der Waals surface area contributed by atoms with Gasteiger partial charge in [0.2, 0.25) is 0 Å². The third-order valence-electron chi connectivity index (χ3n) is 2.50. The van der Waals surface area contributed by atoms with Crippen LogP contribution in [-0.4, -0.2) is 0 Å². The van der Waals surface area contributed by atoms with E-state index in [1.165, 1.54) is 0 Å². The largest absolute Gasteiger partial charge is 0.192 e. The Morgan fingerprint density at radius 3 is 1.89 bits per heavy atom. The van der Waals surface area contributed by atoms with Crippen LogP contribution in [0.25, 0.3) is 11.6 Å². The maximum absolute atomic E-state index is 9.21. The molecule has 3 heteroatoms. The highest BCUT2D eigenvalue weighted by Crippen LogP contribution is 2.20. The van der Waals surface area contributed by atoms with E-state index < -0.39 is 0 Å². The van der Waals surface area contributed by atoms with Crippen molar-refractivity contribution in [2.45, 2.75) is 9.79 Å². The van der Waals surface area contributed by atoms with Crippen molar-refractivity contribution in [3.8, 4) is 6.07 Å². The lowest BCUT2D eigenvalue weighted by atomic mass is 10.0. The van der Waals surface area contributed by atoms with Crippen LogP contribution in [0.2, 0.25) is 0 Å². The molecule has 0 bridgehead atoms. The third kappa shape index (κ3) is 3.19. The van der Waals surface area contributed by atoms with E-state index in [0.717, 1.165) is 20.9 Å². The van der Waals surface area contributed by atoms with E-state index in [0.29, 0.717) is 5.57 Å². The Balaban J connectivity index is 2.37. The Morgan fingerprint density at radius 1 is 0.889 bits per heavy atom. The number of benzene rings is 2. The van der Waals surface area contributed by atoms with E-state index in [4.69, 9.17) is 0 Å². The van der Waals surface area contributed by atoms with Gasteiger partial charge in [-0.05, 0) is 41.5 Å². The molecule has 0 heterocycles. The van der Waals surface area contributed by atoms with Gasteiger partial charge in [-0.2, -0.15) is 5.26 Å². The van der Waals surface area contributed by atoms with Gasteiger partial charge in [-0.3, -0.25) is 0 Å². The third-order valence-corrected chi connectivity index (χ3v) is 3.10. The zero-order chi connectivity index (χ0) is 13.0. The van der Waals surface area contributed by atoms with E-state index in [1.54, 1.807) is 0 Å². The number of nitriles is 1. The van der Waals surface area contributed by atoms with E-state index in [9.17, 15) is 5.26 Å². The Bertz CT molecular complexity index is 604. The van der Waals surface area contributed by atoms with Gasteiger partial charge >= 0.3 is 0 Å². The van der Waals surface area contributed by atoms with Crippen molar-refractivity contribution in [2.24, 2.45) is 0 Å². The van der Waals surface area contributed by atoms with Crippen LogP contribution >= 0.6 is 25.3 Å². The zero-order valence-corrected chi connectivity index (χ0v) is 11.3. The first-order chi connectivity index (χ1) is 8.69. The van der Waals surface area contributed by atoms with E-state index in [-0.39, 0.29) is 0 Å². The molecule has 0 N–H and O–H groups in total. The molecule has 0 spiro atoms. The van der Waals surface area contributed by atoms with Crippen molar-refractivity contribution in [1.29, 1.82) is 5.26 Å². The van der Waals surface area contributed by atoms with Gasteiger partial charge < -0.3 is 0 Å². The van der Waals surface area contributed by atoms with Crippen LogP contribution in [0.15, 0.2) is 58.3 Å². The van der Waals surface area contributed by atoms with Crippen LogP contribution in [0.5, 0.6) is 0 Å². The van der Waals surface area contributed by atoms with Gasteiger partial charge in [0.15, 0.2) is 0 Å².